The number of aryl methyl sites for hydroxylation is 1. The molecular weight excluding hydrogens is 302 g/mol. The van der Waals surface area contributed by atoms with Crippen LogP contribution in [0, 0.1) is 6.92 Å². The molecule has 1 atom stereocenters. The Morgan fingerprint density at radius 3 is 2.54 bits per heavy atom. The van der Waals surface area contributed by atoms with E-state index in [0.29, 0.717) is 13.2 Å². The molecule has 24 heavy (non-hydrogen) atoms. The molecule has 1 N–H and O–H groups in total. The van der Waals surface area contributed by atoms with E-state index in [1.54, 1.807) is 7.11 Å². The van der Waals surface area contributed by atoms with Crippen LogP contribution < -0.4 is 14.8 Å². The first-order valence-electron chi connectivity index (χ1n) is 8.40. The fraction of sp³-hybridized carbons (Fsp3) is 0.400. The maximum absolute atomic E-state index is 6.07. The number of benzene rings is 2. The van der Waals surface area contributed by atoms with E-state index in [0.717, 1.165) is 30.2 Å². The number of anilines is 1. The van der Waals surface area contributed by atoms with Gasteiger partial charge in [-0.05, 0) is 43.2 Å². The predicted octanol–water partition coefficient (Wildman–Crippen LogP) is 4.29. The second-order valence-electron chi connectivity index (χ2n) is 5.71. The van der Waals surface area contributed by atoms with Crippen LogP contribution in [0.15, 0.2) is 48.5 Å². The smallest absolute Gasteiger partial charge is 0.121 e. The SMILES string of the molecule is CCC(CNc1cccc(OCCOC)c1)Oc1cccc(C)c1. The Balaban J connectivity index is 1.87. The topological polar surface area (TPSA) is 39.7 Å². The fourth-order valence-electron chi connectivity index (χ4n) is 2.32. The van der Waals surface area contributed by atoms with Crippen LogP contribution in [0.25, 0.3) is 0 Å². The lowest BCUT2D eigenvalue weighted by molar-refractivity contribution is 0.146. The van der Waals surface area contributed by atoms with E-state index in [1.807, 2.05) is 36.4 Å². The third-order valence-corrected chi connectivity index (χ3v) is 3.67. The summed E-state index contributed by atoms with van der Waals surface area (Å²) in [6.07, 6.45) is 1.05. The van der Waals surface area contributed by atoms with Gasteiger partial charge in [0.15, 0.2) is 0 Å². The zero-order chi connectivity index (χ0) is 17.2. The minimum atomic E-state index is 0.116. The van der Waals surface area contributed by atoms with Crippen molar-refractivity contribution in [2.75, 3.05) is 32.2 Å². The molecule has 4 nitrogen and oxygen atoms in total. The first kappa shape index (κ1) is 18.1. The van der Waals surface area contributed by atoms with Crippen molar-refractivity contribution in [1.82, 2.24) is 0 Å². The molecule has 0 heterocycles. The van der Waals surface area contributed by atoms with Crippen molar-refractivity contribution in [3.05, 3.63) is 54.1 Å². The Bertz CT molecular complexity index is 615. The second kappa shape index (κ2) is 9.83. The minimum Gasteiger partial charge on any atom is -0.491 e. The Labute approximate surface area is 144 Å². The molecular formula is C20H27NO3. The monoisotopic (exact) mass is 329 g/mol. The molecule has 0 aliphatic rings. The van der Waals surface area contributed by atoms with Gasteiger partial charge in [0.05, 0.1) is 13.2 Å². The average Bonchev–Trinajstić information content (AvgIpc) is 2.59. The zero-order valence-electron chi connectivity index (χ0n) is 14.7. The molecule has 130 valence electrons. The van der Waals surface area contributed by atoms with Crippen molar-refractivity contribution >= 4 is 5.69 Å². The minimum absolute atomic E-state index is 0.116. The van der Waals surface area contributed by atoms with Gasteiger partial charge in [-0.3, -0.25) is 0 Å². The van der Waals surface area contributed by atoms with E-state index in [1.165, 1.54) is 5.56 Å². The lowest BCUT2D eigenvalue weighted by Gasteiger charge is -2.19. The molecule has 0 bridgehead atoms. The summed E-state index contributed by atoms with van der Waals surface area (Å²) < 4.78 is 16.7. The fourth-order valence-corrected chi connectivity index (χ4v) is 2.32. The number of rotatable bonds is 10. The first-order valence-corrected chi connectivity index (χ1v) is 8.40. The quantitative estimate of drug-likeness (QED) is 0.660. The Hall–Kier alpha value is -2.20. The van der Waals surface area contributed by atoms with E-state index in [-0.39, 0.29) is 6.10 Å². The van der Waals surface area contributed by atoms with Crippen molar-refractivity contribution in [2.45, 2.75) is 26.4 Å². The Morgan fingerprint density at radius 2 is 1.79 bits per heavy atom. The summed E-state index contributed by atoms with van der Waals surface area (Å²) in [5.74, 6) is 1.75. The highest BCUT2D eigenvalue weighted by Crippen LogP contribution is 2.19. The van der Waals surface area contributed by atoms with Crippen LogP contribution >= 0.6 is 0 Å². The summed E-state index contributed by atoms with van der Waals surface area (Å²) in [7, 11) is 1.67. The van der Waals surface area contributed by atoms with Crippen LogP contribution in [0.2, 0.25) is 0 Å². The normalized spacial score (nSPS) is 11.8. The van der Waals surface area contributed by atoms with E-state index in [9.17, 15) is 0 Å². The van der Waals surface area contributed by atoms with Gasteiger partial charge in [0.2, 0.25) is 0 Å². The average molecular weight is 329 g/mol. The number of hydrogen-bond donors (Lipinski definition) is 1. The van der Waals surface area contributed by atoms with Crippen LogP contribution in [-0.2, 0) is 4.74 Å². The maximum Gasteiger partial charge on any atom is 0.121 e. The molecule has 2 aromatic rings. The zero-order valence-corrected chi connectivity index (χ0v) is 14.7. The molecule has 4 heteroatoms. The van der Waals surface area contributed by atoms with Gasteiger partial charge in [0, 0.05) is 18.9 Å². The van der Waals surface area contributed by atoms with Crippen LogP contribution in [0.3, 0.4) is 0 Å². The van der Waals surface area contributed by atoms with Gasteiger partial charge in [-0.1, -0.05) is 25.1 Å². The predicted molar refractivity (Wildman–Crippen MR) is 98.2 cm³/mol. The number of nitrogens with one attached hydrogen (secondary N) is 1. The van der Waals surface area contributed by atoms with Gasteiger partial charge in [-0.15, -0.1) is 0 Å². The van der Waals surface area contributed by atoms with Crippen molar-refractivity contribution in [1.29, 1.82) is 0 Å². The lowest BCUT2D eigenvalue weighted by Crippen LogP contribution is -2.25. The first-order chi connectivity index (χ1) is 11.7. The summed E-state index contributed by atoms with van der Waals surface area (Å²) >= 11 is 0. The molecule has 0 aromatic heterocycles. The van der Waals surface area contributed by atoms with Crippen molar-refractivity contribution in [3.8, 4) is 11.5 Å². The highest BCUT2D eigenvalue weighted by molar-refractivity contribution is 5.48. The molecule has 2 aromatic carbocycles. The van der Waals surface area contributed by atoms with Gasteiger partial charge in [0.1, 0.15) is 24.2 Å². The Kier molecular flexibility index (Phi) is 7.43. The third-order valence-electron chi connectivity index (χ3n) is 3.67. The largest absolute Gasteiger partial charge is 0.491 e. The van der Waals surface area contributed by atoms with Crippen molar-refractivity contribution < 1.29 is 14.2 Å². The highest BCUT2D eigenvalue weighted by Gasteiger charge is 2.08. The summed E-state index contributed by atoms with van der Waals surface area (Å²) in [5.41, 5.74) is 2.23. The summed E-state index contributed by atoms with van der Waals surface area (Å²) in [4.78, 5) is 0. The number of hydrogen-bond acceptors (Lipinski definition) is 4. The molecule has 0 aliphatic heterocycles. The standard InChI is InChI=1S/C20H27NO3/c1-4-18(24-20-10-5-7-16(2)13-20)15-21-17-8-6-9-19(14-17)23-12-11-22-3/h5-10,13-14,18,21H,4,11-12,15H2,1-3H3. The molecule has 0 amide bonds. The van der Waals surface area contributed by atoms with Crippen LogP contribution in [0.5, 0.6) is 11.5 Å². The van der Waals surface area contributed by atoms with Gasteiger partial charge >= 0.3 is 0 Å². The van der Waals surface area contributed by atoms with Gasteiger partial charge < -0.3 is 19.5 Å². The third kappa shape index (κ3) is 6.13. The van der Waals surface area contributed by atoms with E-state index >= 15 is 0 Å². The van der Waals surface area contributed by atoms with E-state index < -0.39 is 0 Å². The lowest BCUT2D eigenvalue weighted by atomic mass is 10.2. The summed E-state index contributed by atoms with van der Waals surface area (Å²) in [5, 5.41) is 3.43. The Morgan fingerprint density at radius 1 is 1.00 bits per heavy atom. The number of methoxy groups -OCH3 is 1. The molecule has 0 aliphatic carbocycles. The molecule has 0 saturated heterocycles. The maximum atomic E-state index is 6.07. The van der Waals surface area contributed by atoms with Crippen LogP contribution in [0.1, 0.15) is 18.9 Å². The molecule has 2 rings (SSSR count). The van der Waals surface area contributed by atoms with Crippen LogP contribution in [-0.4, -0.2) is 33.0 Å². The molecule has 0 radical (unpaired) electrons. The molecule has 0 spiro atoms. The molecule has 0 fully saturated rings. The summed E-state index contributed by atoms with van der Waals surface area (Å²) in [6.45, 7) is 6.08. The van der Waals surface area contributed by atoms with Crippen LogP contribution in [0.4, 0.5) is 5.69 Å². The van der Waals surface area contributed by atoms with Gasteiger partial charge in [-0.2, -0.15) is 0 Å². The van der Waals surface area contributed by atoms with Crippen molar-refractivity contribution in [2.24, 2.45) is 0 Å². The van der Waals surface area contributed by atoms with E-state index in [2.05, 4.69) is 31.3 Å². The summed E-state index contributed by atoms with van der Waals surface area (Å²) in [6, 6.07) is 16.1. The highest BCUT2D eigenvalue weighted by atomic mass is 16.5. The van der Waals surface area contributed by atoms with E-state index in [4.69, 9.17) is 14.2 Å². The molecule has 0 saturated carbocycles. The van der Waals surface area contributed by atoms with Gasteiger partial charge in [0.25, 0.3) is 0 Å². The molecule has 1 unspecified atom stereocenters. The number of ether oxygens (including phenoxy) is 3. The van der Waals surface area contributed by atoms with Crippen molar-refractivity contribution in [3.63, 3.8) is 0 Å². The van der Waals surface area contributed by atoms with Gasteiger partial charge in [-0.25, -0.2) is 0 Å². The second-order valence-corrected chi connectivity index (χ2v) is 5.71.